The molecule has 0 saturated carbocycles. The van der Waals surface area contributed by atoms with Gasteiger partial charge in [-0.3, -0.25) is 4.79 Å². The van der Waals surface area contributed by atoms with E-state index in [-0.39, 0.29) is 23.3 Å². The summed E-state index contributed by atoms with van der Waals surface area (Å²) in [7, 11) is -3.64. The third kappa shape index (κ3) is 5.00. The van der Waals surface area contributed by atoms with Crippen LogP contribution in [0, 0.1) is 5.82 Å². The molecule has 1 fully saturated rings. The number of hydrogen-bond donors (Lipinski definition) is 1. The molecule has 1 heterocycles. The van der Waals surface area contributed by atoms with Crippen molar-refractivity contribution in [1.29, 1.82) is 0 Å². The molecule has 0 radical (unpaired) electrons. The molecule has 1 aromatic carbocycles. The Morgan fingerprint density at radius 3 is 2.70 bits per heavy atom. The van der Waals surface area contributed by atoms with Crippen LogP contribution in [-0.4, -0.2) is 38.8 Å². The second-order valence-electron chi connectivity index (χ2n) is 5.79. The van der Waals surface area contributed by atoms with Crippen molar-refractivity contribution in [3.05, 3.63) is 30.1 Å². The van der Waals surface area contributed by atoms with E-state index in [1.54, 1.807) is 0 Å². The van der Waals surface area contributed by atoms with Crippen LogP contribution in [-0.2, 0) is 19.4 Å². The quantitative estimate of drug-likeness (QED) is 0.769. The van der Waals surface area contributed by atoms with Gasteiger partial charge < -0.3 is 10.1 Å². The molecule has 2 rings (SSSR count). The Bertz CT molecular complexity index is 624. The number of nitrogens with one attached hydrogen (secondary N) is 1. The van der Waals surface area contributed by atoms with Gasteiger partial charge in [-0.05, 0) is 50.5 Å². The average Bonchev–Trinajstić information content (AvgIpc) is 3.01. The minimum Gasteiger partial charge on any atom is -0.378 e. The minimum atomic E-state index is -3.64. The molecule has 1 N–H and O–H groups in total. The smallest absolute Gasteiger partial charge is 0.221 e. The lowest BCUT2D eigenvalue weighted by Crippen LogP contribution is -2.31. The van der Waals surface area contributed by atoms with Crippen LogP contribution in [0.3, 0.4) is 0 Å². The number of carbonyl (C=O) groups is 1. The van der Waals surface area contributed by atoms with Gasteiger partial charge in [-0.25, -0.2) is 12.8 Å². The van der Waals surface area contributed by atoms with E-state index in [9.17, 15) is 17.6 Å². The van der Waals surface area contributed by atoms with Gasteiger partial charge in [0.15, 0.2) is 9.84 Å². The van der Waals surface area contributed by atoms with Gasteiger partial charge in [-0.15, -0.1) is 0 Å². The summed E-state index contributed by atoms with van der Waals surface area (Å²) >= 11 is 0. The summed E-state index contributed by atoms with van der Waals surface area (Å²) in [6.45, 7) is 2.73. The van der Waals surface area contributed by atoms with Gasteiger partial charge in [0, 0.05) is 19.6 Å². The minimum absolute atomic E-state index is 0.0264. The van der Waals surface area contributed by atoms with E-state index in [4.69, 9.17) is 4.74 Å². The van der Waals surface area contributed by atoms with Gasteiger partial charge in [0.05, 0.1) is 16.2 Å². The zero-order valence-corrected chi connectivity index (χ0v) is 13.9. The first-order chi connectivity index (χ1) is 10.9. The van der Waals surface area contributed by atoms with Crippen molar-refractivity contribution < 1.29 is 22.3 Å². The third-order valence-corrected chi connectivity index (χ3v) is 6.11. The monoisotopic (exact) mass is 343 g/mol. The van der Waals surface area contributed by atoms with E-state index in [1.807, 2.05) is 0 Å². The summed E-state index contributed by atoms with van der Waals surface area (Å²) in [4.78, 5) is 11.9. The summed E-state index contributed by atoms with van der Waals surface area (Å²) in [5.41, 5.74) is 0. The molecule has 0 bridgehead atoms. The number of benzene rings is 1. The summed E-state index contributed by atoms with van der Waals surface area (Å²) in [6.07, 6.45) is 2.86. The fraction of sp³-hybridized carbons (Fsp3) is 0.562. The maximum atomic E-state index is 12.9. The van der Waals surface area contributed by atoms with Crippen LogP contribution in [0.15, 0.2) is 29.2 Å². The largest absolute Gasteiger partial charge is 0.378 e. The van der Waals surface area contributed by atoms with Gasteiger partial charge in [-0.2, -0.15) is 0 Å². The topological polar surface area (TPSA) is 72.5 Å². The molecule has 7 heteroatoms. The lowest BCUT2D eigenvalue weighted by molar-refractivity contribution is -0.121. The van der Waals surface area contributed by atoms with Crippen molar-refractivity contribution >= 4 is 15.7 Å². The van der Waals surface area contributed by atoms with E-state index < -0.39 is 20.9 Å². The number of amides is 1. The number of sulfone groups is 1. The molecule has 1 aliphatic rings. The van der Waals surface area contributed by atoms with Crippen molar-refractivity contribution in [3.8, 4) is 0 Å². The fourth-order valence-electron chi connectivity index (χ4n) is 2.54. The van der Waals surface area contributed by atoms with E-state index in [1.165, 1.54) is 19.1 Å². The van der Waals surface area contributed by atoms with E-state index >= 15 is 0 Å². The predicted octanol–water partition coefficient (Wildman–Crippen LogP) is 2.06. The van der Waals surface area contributed by atoms with Gasteiger partial charge in [-0.1, -0.05) is 0 Å². The lowest BCUT2D eigenvalue weighted by Gasteiger charge is -2.14. The zero-order valence-electron chi connectivity index (χ0n) is 13.1. The van der Waals surface area contributed by atoms with Gasteiger partial charge in [0.25, 0.3) is 0 Å². The highest BCUT2D eigenvalue weighted by Crippen LogP contribution is 2.19. The maximum absolute atomic E-state index is 12.9. The molecule has 0 unspecified atom stereocenters. The van der Waals surface area contributed by atoms with Crippen molar-refractivity contribution in [2.45, 2.75) is 48.9 Å². The standard InChI is InChI=1S/C16H22FNO4S/c1-12(23(20,21)15-6-4-13(17)5-7-15)11-16(19)18-9-8-14-3-2-10-22-14/h4-7,12,14H,2-3,8-11H2,1H3,(H,18,19)/t12-,14-/m0/s1. The van der Waals surface area contributed by atoms with Crippen LogP contribution >= 0.6 is 0 Å². The Balaban J connectivity index is 1.83. The molecule has 0 aromatic heterocycles. The second kappa shape index (κ2) is 7.88. The Kier molecular flexibility index (Phi) is 6.12. The van der Waals surface area contributed by atoms with Gasteiger partial charge in [0.2, 0.25) is 5.91 Å². The molecule has 5 nitrogen and oxygen atoms in total. The van der Waals surface area contributed by atoms with Crippen molar-refractivity contribution in [2.24, 2.45) is 0 Å². The summed E-state index contributed by atoms with van der Waals surface area (Å²) in [6, 6.07) is 4.63. The molecule has 2 atom stereocenters. The van der Waals surface area contributed by atoms with Crippen LogP contribution in [0.5, 0.6) is 0 Å². The molecule has 1 aromatic rings. The fourth-order valence-corrected chi connectivity index (χ4v) is 3.89. The molecular weight excluding hydrogens is 321 g/mol. The molecule has 0 aliphatic carbocycles. The summed E-state index contributed by atoms with van der Waals surface area (Å²) < 4.78 is 43.0. The first-order valence-corrected chi connectivity index (χ1v) is 9.32. The first-order valence-electron chi connectivity index (χ1n) is 7.77. The second-order valence-corrected chi connectivity index (χ2v) is 8.15. The highest BCUT2D eigenvalue weighted by Gasteiger charge is 2.25. The van der Waals surface area contributed by atoms with Crippen LogP contribution in [0.1, 0.15) is 32.6 Å². The molecule has 1 saturated heterocycles. The highest BCUT2D eigenvalue weighted by molar-refractivity contribution is 7.92. The predicted molar refractivity (Wildman–Crippen MR) is 84.3 cm³/mol. The van der Waals surface area contributed by atoms with E-state index in [0.29, 0.717) is 6.54 Å². The number of hydrogen-bond acceptors (Lipinski definition) is 4. The molecule has 128 valence electrons. The Labute approximate surface area is 136 Å². The van der Waals surface area contributed by atoms with Crippen molar-refractivity contribution in [2.75, 3.05) is 13.2 Å². The molecule has 1 aliphatic heterocycles. The molecule has 1 amide bonds. The molecular formula is C16H22FNO4S. The zero-order chi connectivity index (χ0) is 16.9. The van der Waals surface area contributed by atoms with Gasteiger partial charge in [0.1, 0.15) is 5.82 Å². The Morgan fingerprint density at radius 2 is 2.09 bits per heavy atom. The SMILES string of the molecule is C[C@@H](CC(=O)NCC[C@@H]1CCCO1)S(=O)(=O)c1ccc(F)cc1. The number of rotatable bonds is 7. The number of halogens is 1. The van der Waals surface area contributed by atoms with Crippen LogP contribution in [0.2, 0.25) is 0 Å². The van der Waals surface area contributed by atoms with Crippen molar-refractivity contribution in [3.63, 3.8) is 0 Å². The Hall–Kier alpha value is -1.47. The van der Waals surface area contributed by atoms with Crippen molar-refractivity contribution in [1.82, 2.24) is 5.32 Å². The van der Waals surface area contributed by atoms with Crippen LogP contribution < -0.4 is 5.32 Å². The van der Waals surface area contributed by atoms with E-state index in [2.05, 4.69) is 5.32 Å². The molecule has 0 spiro atoms. The number of carbonyl (C=O) groups excluding carboxylic acids is 1. The van der Waals surface area contributed by atoms with Gasteiger partial charge >= 0.3 is 0 Å². The third-order valence-electron chi connectivity index (χ3n) is 3.96. The number of ether oxygens (including phenoxy) is 1. The van der Waals surface area contributed by atoms with Crippen LogP contribution in [0.4, 0.5) is 4.39 Å². The summed E-state index contributed by atoms with van der Waals surface area (Å²) in [5.74, 6) is -0.801. The normalized spacial score (nSPS) is 19.5. The Morgan fingerprint density at radius 1 is 1.39 bits per heavy atom. The van der Waals surface area contributed by atoms with E-state index in [0.717, 1.165) is 38.0 Å². The van der Waals surface area contributed by atoms with Crippen LogP contribution in [0.25, 0.3) is 0 Å². The lowest BCUT2D eigenvalue weighted by atomic mass is 10.2. The average molecular weight is 343 g/mol. The first kappa shape index (κ1) is 17.9. The summed E-state index contributed by atoms with van der Waals surface area (Å²) in [5, 5.41) is 1.86. The molecule has 23 heavy (non-hydrogen) atoms. The maximum Gasteiger partial charge on any atom is 0.221 e. The highest BCUT2D eigenvalue weighted by atomic mass is 32.2.